The number of carboxylic acids is 1. The van der Waals surface area contributed by atoms with Crippen molar-refractivity contribution in [3.63, 3.8) is 0 Å². The first-order chi connectivity index (χ1) is 10.00. The van der Waals surface area contributed by atoms with Crippen LogP contribution in [0.5, 0.6) is 0 Å². The monoisotopic (exact) mass is 297 g/mol. The average Bonchev–Trinajstić information content (AvgIpc) is 2.37. The van der Waals surface area contributed by atoms with Gasteiger partial charge < -0.3 is 15.2 Å². The average molecular weight is 297 g/mol. The van der Waals surface area contributed by atoms with Gasteiger partial charge in [0.05, 0.1) is 17.9 Å². The van der Waals surface area contributed by atoms with Crippen molar-refractivity contribution in [3.8, 4) is 0 Å². The van der Waals surface area contributed by atoms with E-state index in [1.54, 1.807) is 0 Å². The van der Waals surface area contributed by atoms with Crippen molar-refractivity contribution in [1.82, 2.24) is 5.32 Å². The molecule has 5 heteroatoms. The van der Waals surface area contributed by atoms with E-state index in [0.717, 1.165) is 19.3 Å². The second-order valence-electron chi connectivity index (χ2n) is 6.31. The first-order valence-corrected chi connectivity index (χ1v) is 8.14. The summed E-state index contributed by atoms with van der Waals surface area (Å²) >= 11 is 0. The summed E-state index contributed by atoms with van der Waals surface area (Å²) in [5, 5.41) is 12.2. The van der Waals surface area contributed by atoms with Crippen LogP contribution >= 0.6 is 0 Å². The van der Waals surface area contributed by atoms with Crippen LogP contribution in [-0.2, 0) is 14.3 Å². The fraction of sp³-hybridized carbons (Fsp3) is 0.875. The van der Waals surface area contributed by atoms with Gasteiger partial charge in [0, 0.05) is 18.1 Å². The minimum Gasteiger partial charge on any atom is -0.481 e. The van der Waals surface area contributed by atoms with E-state index in [9.17, 15) is 9.59 Å². The van der Waals surface area contributed by atoms with Crippen LogP contribution in [-0.4, -0.2) is 35.7 Å². The van der Waals surface area contributed by atoms with Gasteiger partial charge in [-0.2, -0.15) is 0 Å². The van der Waals surface area contributed by atoms with Gasteiger partial charge in [-0.15, -0.1) is 0 Å². The number of hydrogen-bond donors (Lipinski definition) is 2. The smallest absolute Gasteiger partial charge is 0.307 e. The number of rotatable bonds is 7. The summed E-state index contributed by atoms with van der Waals surface area (Å²) in [6.07, 6.45) is 4.28. The predicted octanol–water partition coefficient (Wildman–Crippen LogP) is 2.20. The van der Waals surface area contributed by atoms with Crippen LogP contribution in [0.25, 0.3) is 0 Å². The third-order valence-corrected chi connectivity index (χ3v) is 5.71. The molecule has 5 nitrogen and oxygen atoms in total. The SMILES string of the molecule is CCOC1CC(NC(=O)C2CCC2C(=O)O)C1(CC)CC. The normalized spacial score (nSPS) is 33.7. The van der Waals surface area contributed by atoms with Gasteiger partial charge in [-0.1, -0.05) is 13.8 Å². The number of hydrogen-bond acceptors (Lipinski definition) is 3. The maximum absolute atomic E-state index is 12.3. The van der Waals surface area contributed by atoms with Gasteiger partial charge in [-0.25, -0.2) is 0 Å². The summed E-state index contributed by atoms with van der Waals surface area (Å²) in [6, 6.07) is 0.117. The van der Waals surface area contributed by atoms with Gasteiger partial charge in [0.25, 0.3) is 0 Å². The van der Waals surface area contributed by atoms with Crippen molar-refractivity contribution in [1.29, 1.82) is 0 Å². The van der Waals surface area contributed by atoms with Gasteiger partial charge in [0.15, 0.2) is 0 Å². The summed E-state index contributed by atoms with van der Waals surface area (Å²) in [6.45, 7) is 6.96. The zero-order valence-electron chi connectivity index (χ0n) is 13.2. The van der Waals surface area contributed by atoms with Crippen molar-refractivity contribution < 1.29 is 19.4 Å². The maximum atomic E-state index is 12.3. The Morgan fingerprint density at radius 3 is 2.24 bits per heavy atom. The Labute approximate surface area is 126 Å². The Bertz CT molecular complexity index is 405. The van der Waals surface area contributed by atoms with Gasteiger partial charge >= 0.3 is 5.97 Å². The molecule has 2 aliphatic rings. The number of carbonyl (C=O) groups excluding carboxylic acids is 1. The molecule has 0 aromatic heterocycles. The summed E-state index contributed by atoms with van der Waals surface area (Å²) in [7, 11) is 0. The minimum atomic E-state index is -0.848. The lowest BCUT2D eigenvalue weighted by molar-refractivity contribution is -0.160. The molecule has 0 heterocycles. The summed E-state index contributed by atoms with van der Waals surface area (Å²) in [4.78, 5) is 23.4. The molecule has 4 atom stereocenters. The number of carboxylic acid groups (broad SMARTS) is 1. The number of ether oxygens (including phenoxy) is 1. The van der Waals surface area contributed by atoms with E-state index in [1.807, 2.05) is 6.92 Å². The fourth-order valence-electron chi connectivity index (χ4n) is 3.97. The second kappa shape index (κ2) is 6.34. The summed E-state index contributed by atoms with van der Waals surface area (Å²) in [5.74, 6) is -1.77. The zero-order chi connectivity index (χ0) is 15.6. The lowest BCUT2D eigenvalue weighted by Gasteiger charge is -2.55. The molecule has 21 heavy (non-hydrogen) atoms. The fourth-order valence-corrected chi connectivity index (χ4v) is 3.97. The molecule has 4 unspecified atom stereocenters. The molecule has 2 rings (SSSR count). The van der Waals surface area contributed by atoms with E-state index in [2.05, 4.69) is 19.2 Å². The Morgan fingerprint density at radius 2 is 1.81 bits per heavy atom. The molecule has 0 spiro atoms. The number of nitrogens with one attached hydrogen (secondary N) is 1. The third kappa shape index (κ3) is 2.68. The molecule has 1 amide bonds. The van der Waals surface area contributed by atoms with Crippen LogP contribution in [0.1, 0.15) is 52.9 Å². The topological polar surface area (TPSA) is 75.6 Å². The zero-order valence-corrected chi connectivity index (χ0v) is 13.2. The van der Waals surface area contributed by atoms with Crippen LogP contribution in [0.4, 0.5) is 0 Å². The molecule has 0 aliphatic heterocycles. The Kier molecular flexibility index (Phi) is 4.91. The highest BCUT2D eigenvalue weighted by Crippen LogP contribution is 2.49. The van der Waals surface area contributed by atoms with Gasteiger partial charge in [-0.05, 0) is 39.0 Å². The second-order valence-corrected chi connectivity index (χ2v) is 6.31. The predicted molar refractivity (Wildman–Crippen MR) is 78.8 cm³/mol. The number of aliphatic carboxylic acids is 1. The highest BCUT2D eigenvalue weighted by molar-refractivity contribution is 5.86. The van der Waals surface area contributed by atoms with Gasteiger partial charge in [-0.3, -0.25) is 9.59 Å². The first-order valence-electron chi connectivity index (χ1n) is 8.14. The standard InChI is InChI=1S/C16H27NO4/c1-4-16(5-2)12(9-13(16)21-6-3)17-14(18)10-7-8-11(10)15(19)20/h10-13H,4-9H2,1-3H3,(H,17,18)(H,19,20). The lowest BCUT2D eigenvalue weighted by Crippen LogP contribution is -2.65. The molecule has 0 aromatic rings. The quantitative estimate of drug-likeness (QED) is 0.755. The highest BCUT2D eigenvalue weighted by Gasteiger charge is 2.54. The molecular weight excluding hydrogens is 270 g/mol. The van der Waals surface area contributed by atoms with E-state index in [1.165, 1.54) is 0 Å². The molecule has 0 saturated heterocycles. The maximum Gasteiger partial charge on any atom is 0.307 e. The minimum absolute atomic E-state index is 0.00807. The largest absolute Gasteiger partial charge is 0.481 e. The molecule has 2 aliphatic carbocycles. The van der Waals surface area contributed by atoms with Gasteiger partial charge in [0.1, 0.15) is 0 Å². The first kappa shape index (κ1) is 16.3. The Morgan fingerprint density at radius 1 is 1.19 bits per heavy atom. The molecule has 0 aromatic carbocycles. The van der Waals surface area contributed by atoms with Crippen LogP contribution in [0.15, 0.2) is 0 Å². The molecule has 2 saturated carbocycles. The van der Waals surface area contributed by atoms with Crippen molar-refractivity contribution >= 4 is 11.9 Å². The van der Waals surface area contributed by atoms with E-state index in [-0.39, 0.29) is 29.4 Å². The molecule has 120 valence electrons. The van der Waals surface area contributed by atoms with Crippen molar-refractivity contribution in [2.24, 2.45) is 17.3 Å². The molecule has 2 fully saturated rings. The van der Waals surface area contributed by atoms with E-state index in [0.29, 0.717) is 19.4 Å². The van der Waals surface area contributed by atoms with Crippen molar-refractivity contribution in [2.45, 2.75) is 65.0 Å². The third-order valence-electron chi connectivity index (χ3n) is 5.71. The van der Waals surface area contributed by atoms with E-state index >= 15 is 0 Å². The number of amides is 1. The Hall–Kier alpha value is -1.10. The summed E-state index contributed by atoms with van der Waals surface area (Å²) < 4.78 is 5.80. The van der Waals surface area contributed by atoms with Crippen molar-refractivity contribution in [3.05, 3.63) is 0 Å². The van der Waals surface area contributed by atoms with Crippen molar-refractivity contribution in [2.75, 3.05) is 6.61 Å². The molecular formula is C16H27NO4. The van der Waals surface area contributed by atoms with E-state index in [4.69, 9.17) is 9.84 Å². The van der Waals surface area contributed by atoms with Crippen LogP contribution in [0, 0.1) is 17.3 Å². The van der Waals surface area contributed by atoms with Crippen LogP contribution < -0.4 is 5.32 Å². The molecule has 0 bridgehead atoms. The van der Waals surface area contributed by atoms with Crippen LogP contribution in [0.3, 0.4) is 0 Å². The van der Waals surface area contributed by atoms with Gasteiger partial charge in [0.2, 0.25) is 5.91 Å². The number of carbonyl (C=O) groups is 2. The summed E-state index contributed by atoms with van der Waals surface area (Å²) in [5.41, 5.74) is 0.00807. The highest BCUT2D eigenvalue weighted by atomic mass is 16.5. The lowest BCUT2D eigenvalue weighted by atomic mass is 9.58. The molecule has 2 N–H and O–H groups in total. The van der Waals surface area contributed by atoms with Crippen LogP contribution in [0.2, 0.25) is 0 Å². The molecule has 0 radical (unpaired) electrons. The Balaban J connectivity index is 1.96. The van der Waals surface area contributed by atoms with E-state index < -0.39 is 11.9 Å².